The molecule has 8 heteroatoms. The largest absolute Gasteiger partial charge is 0.490 e. The predicted molar refractivity (Wildman–Crippen MR) is 111 cm³/mol. The number of benzene rings is 1. The number of rotatable bonds is 5. The second-order valence-electron chi connectivity index (χ2n) is 7.82. The number of ether oxygens (including phenoxy) is 2. The van der Waals surface area contributed by atoms with Crippen molar-refractivity contribution in [1.82, 2.24) is 14.8 Å². The van der Waals surface area contributed by atoms with E-state index in [-0.39, 0.29) is 36.1 Å². The summed E-state index contributed by atoms with van der Waals surface area (Å²) in [4.78, 5) is 33.5. The summed E-state index contributed by atoms with van der Waals surface area (Å²) in [6.45, 7) is 3.13. The van der Waals surface area contributed by atoms with Gasteiger partial charge in [-0.05, 0) is 36.4 Å². The van der Waals surface area contributed by atoms with Crippen LogP contribution >= 0.6 is 0 Å². The summed E-state index contributed by atoms with van der Waals surface area (Å²) >= 11 is 0. The van der Waals surface area contributed by atoms with E-state index >= 15 is 0 Å². The van der Waals surface area contributed by atoms with Gasteiger partial charge in [0.15, 0.2) is 0 Å². The zero-order valence-electron chi connectivity index (χ0n) is 17.3. The van der Waals surface area contributed by atoms with Crippen LogP contribution in [-0.4, -0.2) is 72.1 Å². The molecule has 0 unspecified atom stereocenters. The number of hydrogen-bond acceptors (Lipinski definition) is 5. The molecule has 0 bridgehead atoms. The molecule has 7 nitrogen and oxygen atoms in total. The molecule has 1 aromatic carbocycles. The number of aromatic nitrogens is 1. The van der Waals surface area contributed by atoms with Gasteiger partial charge >= 0.3 is 0 Å². The number of likely N-dealkylation sites (tertiary alicyclic amines) is 1. The van der Waals surface area contributed by atoms with Gasteiger partial charge in [-0.3, -0.25) is 14.6 Å². The molecule has 2 fully saturated rings. The van der Waals surface area contributed by atoms with Crippen molar-refractivity contribution < 1.29 is 23.5 Å². The van der Waals surface area contributed by atoms with Gasteiger partial charge in [-0.25, -0.2) is 4.39 Å². The summed E-state index contributed by atoms with van der Waals surface area (Å²) in [6.07, 6.45) is 2.20. The summed E-state index contributed by atoms with van der Waals surface area (Å²) in [6, 6.07) is 11.1. The van der Waals surface area contributed by atoms with Crippen LogP contribution in [0.5, 0.6) is 5.75 Å². The molecule has 0 aliphatic carbocycles. The fraction of sp³-hybridized carbons (Fsp3) is 0.435. The molecule has 0 N–H and O–H groups in total. The molecule has 0 saturated carbocycles. The predicted octanol–water partition coefficient (Wildman–Crippen LogP) is 2.38. The first-order valence-electron chi connectivity index (χ1n) is 10.6. The van der Waals surface area contributed by atoms with Crippen LogP contribution in [0.2, 0.25) is 0 Å². The number of hydrogen-bond donors (Lipinski definition) is 0. The van der Waals surface area contributed by atoms with Crippen molar-refractivity contribution >= 4 is 11.8 Å². The van der Waals surface area contributed by atoms with Gasteiger partial charge in [-0.1, -0.05) is 6.07 Å². The van der Waals surface area contributed by atoms with Crippen molar-refractivity contribution in [3.8, 4) is 5.75 Å². The average molecular weight is 427 g/mol. The van der Waals surface area contributed by atoms with E-state index in [1.807, 2.05) is 0 Å². The molecular formula is C23H26FN3O4. The zero-order chi connectivity index (χ0) is 21.6. The first-order valence-corrected chi connectivity index (χ1v) is 10.6. The molecule has 0 radical (unpaired) electrons. The van der Waals surface area contributed by atoms with Crippen molar-refractivity contribution in [3.05, 3.63) is 60.2 Å². The first-order chi connectivity index (χ1) is 15.1. The lowest BCUT2D eigenvalue weighted by molar-refractivity contribution is -0.137. The van der Waals surface area contributed by atoms with Crippen LogP contribution in [0.3, 0.4) is 0 Å². The Bertz CT molecular complexity index is 887. The van der Waals surface area contributed by atoms with E-state index in [1.54, 1.807) is 46.3 Å². The summed E-state index contributed by atoms with van der Waals surface area (Å²) in [7, 11) is 0. The number of halogens is 1. The maximum Gasteiger partial charge on any atom is 0.272 e. The van der Waals surface area contributed by atoms with Crippen molar-refractivity contribution in [2.45, 2.75) is 18.9 Å². The molecule has 2 aromatic rings. The normalized spacial score (nSPS) is 21.6. The molecule has 2 aliphatic rings. The van der Waals surface area contributed by atoms with Crippen molar-refractivity contribution in [1.29, 1.82) is 0 Å². The molecule has 2 amide bonds. The van der Waals surface area contributed by atoms with Crippen LogP contribution in [0.1, 0.15) is 23.3 Å². The molecule has 164 valence electrons. The third-order valence-electron chi connectivity index (χ3n) is 5.74. The van der Waals surface area contributed by atoms with Gasteiger partial charge < -0.3 is 19.3 Å². The number of amides is 2. The van der Waals surface area contributed by atoms with Crippen LogP contribution in [0, 0.1) is 11.7 Å². The van der Waals surface area contributed by atoms with E-state index in [4.69, 9.17) is 9.47 Å². The molecule has 4 rings (SSSR count). The smallest absolute Gasteiger partial charge is 0.272 e. The lowest BCUT2D eigenvalue weighted by atomic mass is 9.90. The first kappa shape index (κ1) is 21.2. The Balaban J connectivity index is 1.48. The highest BCUT2D eigenvalue weighted by molar-refractivity contribution is 5.92. The fourth-order valence-corrected chi connectivity index (χ4v) is 4.05. The molecule has 2 atom stereocenters. The van der Waals surface area contributed by atoms with Crippen LogP contribution in [0.4, 0.5) is 4.39 Å². The highest BCUT2D eigenvalue weighted by Crippen LogP contribution is 2.27. The van der Waals surface area contributed by atoms with Crippen molar-refractivity contribution in [2.24, 2.45) is 5.92 Å². The maximum atomic E-state index is 13.3. The van der Waals surface area contributed by atoms with Crippen LogP contribution < -0.4 is 4.74 Å². The van der Waals surface area contributed by atoms with Gasteiger partial charge in [-0.2, -0.15) is 0 Å². The van der Waals surface area contributed by atoms with E-state index in [9.17, 15) is 14.0 Å². The molecule has 2 saturated heterocycles. The lowest BCUT2D eigenvalue weighted by Crippen LogP contribution is -2.50. The second kappa shape index (κ2) is 9.87. The van der Waals surface area contributed by atoms with Crippen LogP contribution in [0.25, 0.3) is 0 Å². The van der Waals surface area contributed by atoms with Gasteiger partial charge in [0.1, 0.15) is 23.4 Å². The Hall–Kier alpha value is -3.00. The van der Waals surface area contributed by atoms with Gasteiger partial charge in [0.2, 0.25) is 5.91 Å². The van der Waals surface area contributed by atoms with Gasteiger partial charge in [0.25, 0.3) is 5.91 Å². The number of piperidine rings is 1. The molecule has 1 aromatic heterocycles. The summed E-state index contributed by atoms with van der Waals surface area (Å²) in [5.41, 5.74) is 0.388. The third kappa shape index (κ3) is 5.38. The number of nitrogens with zero attached hydrogens (tertiary/aromatic N) is 3. The van der Waals surface area contributed by atoms with E-state index < -0.39 is 0 Å². The van der Waals surface area contributed by atoms with E-state index in [1.165, 1.54) is 12.1 Å². The minimum atomic E-state index is -0.331. The summed E-state index contributed by atoms with van der Waals surface area (Å²) in [5.74, 6) is -0.0681. The van der Waals surface area contributed by atoms with Crippen LogP contribution in [-0.2, 0) is 9.53 Å². The minimum Gasteiger partial charge on any atom is -0.490 e. The molecule has 3 heterocycles. The van der Waals surface area contributed by atoms with Crippen LogP contribution in [0.15, 0.2) is 48.7 Å². The topological polar surface area (TPSA) is 72.0 Å². The molecular weight excluding hydrogens is 401 g/mol. The second-order valence-corrected chi connectivity index (χ2v) is 7.82. The molecule has 2 aliphatic heterocycles. The lowest BCUT2D eigenvalue weighted by Gasteiger charge is -2.39. The quantitative estimate of drug-likeness (QED) is 0.733. The average Bonchev–Trinajstić information content (AvgIpc) is 2.82. The van der Waals surface area contributed by atoms with Crippen molar-refractivity contribution in [3.63, 3.8) is 0 Å². The Morgan fingerprint density at radius 1 is 1.06 bits per heavy atom. The molecule has 31 heavy (non-hydrogen) atoms. The Labute approximate surface area is 180 Å². The Morgan fingerprint density at radius 3 is 2.55 bits per heavy atom. The fourth-order valence-electron chi connectivity index (χ4n) is 4.05. The minimum absolute atomic E-state index is 0.0353. The van der Waals surface area contributed by atoms with Crippen molar-refractivity contribution in [2.75, 3.05) is 39.4 Å². The Kier molecular flexibility index (Phi) is 6.76. The maximum absolute atomic E-state index is 13.3. The van der Waals surface area contributed by atoms with Gasteiger partial charge in [-0.15, -0.1) is 0 Å². The third-order valence-corrected chi connectivity index (χ3v) is 5.74. The van der Waals surface area contributed by atoms with E-state index in [2.05, 4.69) is 4.98 Å². The molecule has 0 spiro atoms. The Morgan fingerprint density at radius 2 is 1.84 bits per heavy atom. The number of carbonyl (C=O) groups is 2. The summed E-state index contributed by atoms with van der Waals surface area (Å²) in [5, 5.41) is 0. The standard InChI is InChI=1S/C23H26FN3O4/c24-18-4-6-19(7-5-18)31-21-8-10-27(23(29)20-3-1-2-9-25-20)16-17(21)15-22(28)26-11-13-30-14-12-26/h1-7,9,17,21H,8,10-16H2/t17-,21-/m0/s1. The highest BCUT2D eigenvalue weighted by atomic mass is 19.1. The van der Waals surface area contributed by atoms with Gasteiger partial charge in [0, 0.05) is 51.1 Å². The van der Waals surface area contributed by atoms with E-state index in [0.29, 0.717) is 57.3 Å². The summed E-state index contributed by atoms with van der Waals surface area (Å²) < 4.78 is 24.7. The van der Waals surface area contributed by atoms with Gasteiger partial charge in [0.05, 0.1) is 13.2 Å². The number of pyridine rings is 1. The highest BCUT2D eigenvalue weighted by Gasteiger charge is 2.36. The van der Waals surface area contributed by atoms with E-state index in [0.717, 1.165) is 0 Å². The monoisotopic (exact) mass is 427 g/mol. The SMILES string of the molecule is O=C(C[C@H]1CN(C(=O)c2ccccn2)CC[C@@H]1Oc1ccc(F)cc1)N1CCOCC1. The zero-order valence-corrected chi connectivity index (χ0v) is 17.3. The number of carbonyl (C=O) groups excluding carboxylic acids is 2. The number of morpholine rings is 1.